The van der Waals surface area contributed by atoms with E-state index in [2.05, 4.69) is 23.2 Å². The molecule has 0 bridgehead atoms. The molecule has 1 amide bonds. The fourth-order valence-electron chi connectivity index (χ4n) is 5.70. The van der Waals surface area contributed by atoms with Crippen molar-refractivity contribution in [2.75, 3.05) is 44.2 Å². The lowest BCUT2D eigenvalue weighted by Gasteiger charge is -2.35. The maximum Gasteiger partial charge on any atom is 0.245 e. The van der Waals surface area contributed by atoms with Crippen LogP contribution in [0, 0.1) is 12.3 Å². The Morgan fingerprint density at radius 3 is 2.85 bits per heavy atom. The molecular weight excluding hydrogens is 452 g/mol. The van der Waals surface area contributed by atoms with E-state index in [9.17, 15) is 13.2 Å². The molecule has 1 aromatic carbocycles. The molecule has 2 aromatic rings. The minimum Gasteiger partial charge on any atom is -0.375 e. The molecule has 2 atom stereocenters. The van der Waals surface area contributed by atoms with Crippen LogP contribution in [0.1, 0.15) is 44.7 Å². The fraction of sp³-hybridized carbons (Fsp3) is 0.600. The van der Waals surface area contributed by atoms with Gasteiger partial charge < -0.3 is 15.0 Å². The van der Waals surface area contributed by atoms with E-state index in [0.29, 0.717) is 44.6 Å². The first-order valence-electron chi connectivity index (χ1n) is 12.4. The second-order valence-corrected chi connectivity index (χ2v) is 11.9. The fourth-order valence-corrected chi connectivity index (χ4v) is 7.33. The van der Waals surface area contributed by atoms with Gasteiger partial charge in [-0.25, -0.2) is 8.42 Å². The van der Waals surface area contributed by atoms with E-state index in [1.54, 1.807) is 10.4 Å². The average Bonchev–Trinajstić information content (AvgIpc) is 3.06. The van der Waals surface area contributed by atoms with Gasteiger partial charge in [-0.3, -0.25) is 9.78 Å². The van der Waals surface area contributed by atoms with Crippen LogP contribution in [0.5, 0.6) is 0 Å². The number of amides is 1. The summed E-state index contributed by atoms with van der Waals surface area (Å²) in [6, 6.07) is 7.53. The van der Waals surface area contributed by atoms with E-state index < -0.39 is 10.0 Å². The number of fused-ring (bicyclic) bond motifs is 1. The quantitative estimate of drug-likeness (QED) is 0.715. The van der Waals surface area contributed by atoms with Crippen molar-refractivity contribution in [2.45, 2.75) is 57.0 Å². The van der Waals surface area contributed by atoms with Gasteiger partial charge >= 0.3 is 0 Å². The Hall–Kier alpha value is -2.23. The number of nitrogens with zero attached hydrogens (tertiary/aromatic N) is 3. The molecule has 2 unspecified atom stereocenters. The van der Waals surface area contributed by atoms with Crippen molar-refractivity contribution in [3.63, 3.8) is 0 Å². The van der Waals surface area contributed by atoms with E-state index in [-0.39, 0.29) is 22.3 Å². The van der Waals surface area contributed by atoms with Gasteiger partial charge in [-0.1, -0.05) is 19.1 Å². The number of sulfonamides is 1. The lowest BCUT2D eigenvalue weighted by atomic mass is 9.80. The van der Waals surface area contributed by atoms with Crippen LogP contribution < -0.4 is 10.2 Å². The molecular formula is C25H34N4O4S. The van der Waals surface area contributed by atoms with Crippen molar-refractivity contribution >= 4 is 32.5 Å². The maximum atomic E-state index is 13.9. The van der Waals surface area contributed by atoms with Gasteiger partial charge in [0.1, 0.15) is 4.90 Å². The van der Waals surface area contributed by atoms with E-state index in [0.717, 1.165) is 49.1 Å². The third-order valence-electron chi connectivity index (χ3n) is 7.66. The number of hydrogen-bond acceptors (Lipinski definition) is 6. The summed E-state index contributed by atoms with van der Waals surface area (Å²) in [6.07, 6.45) is 3.92. The Labute approximate surface area is 201 Å². The molecule has 1 aromatic heterocycles. The Bertz CT molecular complexity index is 1200. The number of hydrogen-bond donors (Lipinski definition) is 1. The first-order chi connectivity index (χ1) is 16.3. The summed E-state index contributed by atoms with van der Waals surface area (Å²) < 4.78 is 35.2. The number of anilines is 1. The predicted octanol–water partition coefficient (Wildman–Crippen LogP) is 2.84. The van der Waals surface area contributed by atoms with Gasteiger partial charge in [-0.05, 0) is 50.2 Å². The third kappa shape index (κ3) is 4.29. The Morgan fingerprint density at radius 1 is 1.24 bits per heavy atom. The number of pyridine rings is 1. The van der Waals surface area contributed by atoms with Gasteiger partial charge in [0.15, 0.2) is 0 Å². The first-order valence-corrected chi connectivity index (χ1v) is 13.8. The molecule has 0 saturated carbocycles. The standard InChI is InChI=1S/C25H34N4O4S/c1-3-19-16-28(12-13-33-19)21-14-18(2)27-24-20(21)6-4-7-22(24)34(31,32)29-10-5-8-25(9-11-29)15-23(30)26-17-25/h4,6-7,14,19H,3,5,8-13,15-17H2,1-2H3,(H,26,30). The Kier molecular flexibility index (Phi) is 6.29. The third-order valence-corrected chi connectivity index (χ3v) is 9.59. The lowest BCUT2D eigenvalue weighted by Crippen LogP contribution is -2.42. The molecule has 34 heavy (non-hydrogen) atoms. The van der Waals surface area contributed by atoms with E-state index >= 15 is 0 Å². The van der Waals surface area contributed by atoms with E-state index in [1.165, 1.54) is 0 Å². The molecule has 8 nitrogen and oxygen atoms in total. The van der Waals surface area contributed by atoms with Crippen molar-refractivity contribution in [2.24, 2.45) is 5.41 Å². The van der Waals surface area contributed by atoms with Crippen molar-refractivity contribution in [1.82, 2.24) is 14.6 Å². The number of carbonyl (C=O) groups excluding carboxylic acids is 1. The number of aryl methyl sites for hydroxylation is 1. The number of rotatable bonds is 4. The molecule has 3 aliphatic heterocycles. The number of nitrogens with one attached hydrogen (secondary N) is 1. The second kappa shape index (κ2) is 9.09. The smallest absolute Gasteiger partial charge is 0.245 e. The summed E-state index contributed by atoms with van der Waals surface area (Å²) in [5, 5.41) is 3.80. The molecule has 1 spiro atoms. The highest BCUT2D eigenvalue weighted by atomic mass is 32.2. The molecule has 1 N–H and O–H groups in total. The molecule has 5 rings (SSSR count). The summed E-state index contributed by atoms with van der Waals surface area (Å²) in [5.41, 5.74) is 2.24. The van der Waals surface area contributed by atoms with Crippen molar-refractivity contribution in [1.29, 1.82) is 0 Å². The number of para-hydroxylation sites is 1. The number of benzene rings is 1. The van der Waals surface area contributed by atoms with Gasteiger partial charge in [0.05, 0.1) is 18.2 Å². The zero-order valence-corrected chi connectivity index (χ0v) is 20.9. The highest BCUT2D eigenvalue weighted by Gasteiger charge is 2.41. The molecule has 3 saturated heterocycles. The predicted molar refractivity (Wildman–Crippen MR) is 131 cm³/mol. The van der Waals surface area contributed by atoms with Crippen LogP contribution in [0.4, 0.5) is 5.69 Å². The van der Waals surface area contributed by atoms with Crippen LogP contribution in [0.25, 0.3) is 10.9 Å². The first kappa shape index (κ1) is 23.5. The Balaban J connectivity index is 1.50. The van der Waals surface area contributed by atoms with Gasteiger partial charge in [0, 0.05) is 55.9 Å². The van der Waals surface area contributed by atoms with Gasteiger partial charge in [-0.2, -0.15) is 4.31 Å². The summed E-state index contributed by atoms with van der Waals surface area (Å²) in [7, 11) is -3.73. The van der Waals surface area contributed by atoms with Gasteiger partial charge in [0.2, 0.25) is 15.9 Å². The van der Waals surface area contributed by atoms with E-state index in [4.69, 9.17) is 9.72 Å². The average molecular weight is 487 g/mol. The van der Waals surface area contributed by atoms with Crippen LogP contribution in [0.2, 0.25) is 0 Å². The summed E-state index contributed by atoms with van der Waals surface area (Å²) >= 11 is 0. The van der Waals surface area contributed by atoms with Crippen LogP contribution in [0.15, 0.2) is 29.2 Å². The van der Waals surface area contributed by atoms with Gasteiger partial charge in [-0.15, -0.1) is 0 Å². The SMILES string of the molecule is CCC1CN(c2cc(C)nc3c(S(=O)(=O)N4CCCC5(CC4)CNC(=O)C5)cccc23)CCO1. The molecule has 3 aliphatic rings. The Morgan fingerprint density at radius 2 is 2.09 bits per heavy atom. The number of morpholine rings is 1. The minimum absolute atomic E-state index is 0.0750. The zero-order chi connectivity index (χ0) is 23.9. The van der Waals surface area contributed by atoms with Gasteiger partial charge in [0.25, 0.3) is 0 Å². The van der Waals surface area contributed by atoms with Crippen molar-refractivity contribution in [3.05, 3.63) is 30.0 Å². The number of ether oxygens (including phenoxy) is 1. The summed E-state index contributed by atoms with van der Waals surface area (Å²) in [4.78, 5) is 19.1. The number of carbonyl (C=O) groups is 1. The van der Waals surface area contributed by atoms with E-state index in [1.807, 2.05) is 19.1 Å². The van der Waals surface area contributed by atoms with Crippen LogP contribution in [-0.2, 0) is 19.6 Å². The normalized spacial score (nSPS) is 26.7. The molecule has 0 radical (unpaired) electrons. The molecule has 0 aliphatic carbocycles. The van der Waals surface area contributed by atoms with Crippen LogP contribution >= 0.6 is 0 Å². The highest BCUT2D eigenvalue weighted by Crippen LogP contribution is 2.39. The molecule has 4 heterocycles. The topological polar surface area (TPSA) is 91.8 Å². The second-order valence-electron chi connectivity index (χ2n) is 9.99. The van der Waals surface area contributed by atoms with Crippen LogP contribution in [-0.4, -0.2) is 69.0 Å². The molecule has 3 fully saturated rings. The zero-order valence-electron chi connectivity index (χ0n) is 20.0. The summed E-state index contributed by atoms with van der Waals surface area (Å²) in [6.45, 7) is 7.80. The van der Waals surface area contributed by atoms with Crippen LogP contribution in [0.3, 0.4) is 0 Å². The minimum atomic E-state index is -3.73. The number of aromatic nitrogens is 1. The maximum absolute atomic E-state index is 13.9. The van der Waals surface area contributed by atoms with Crippen molar-refractivity contribution in [3.8, 4) is 0 Å². The summed E-state index contributed by atoms with van der Waals surface area (Å²) in [5.74, 6) is 0.0750. The molecule has 184 valence electrons. The molecule has 9 heteroatoms. The monoisotopic (exact) mass is 486 g/mol. The lowest BCUT2D eigenvalue weighted by molar-refractivity contribution is -0.119. The van der Waals surface area contributed by atoms with Crippen molar-refractivity contribution < 1.29 is 17.9 Å². The largest absolute Gasteiger partial charge is 0.375 e. The highest BCUT2D eigenvalue weighted by molar-refractivity contribution is 7.89.